The second kappa shape index (κ2) is 6.37. The van der Waals surface area contributed by atoms with E-state index in [1.54, 1.807) is 18.4 Å². The smallest absolute Gasteiger partial charge is 0.118 e. The lowest BCUT2D eigenvalue weighted by molar-refractivity contribution is 0.414. The fourth-order valence-electron chi connectivity index (χ4n) is 2.39. The van der Waals surface area contributed by atoms with Crippen LogP contribution in [0.4, 0.5) is 0 Å². The van der Waals surface area contributed by atoms with E-state index in [4.69, 9.17) is 4.74 Å². The molecule has 2 atom stereocenters. The Balaban J connectivity index is 2.06. The van der Waals surface area contributed by atoms with Gasteiger partial charge in [-0.15, -0.1) is 11.3 Å². The third-order valence-corrected chi connectivity index (χ3v) is 4.70. The molecule has 1 heterocycles. The normalized spacial score (nSPS) is 14.1. The fourth-order valence-corrected chi connectivity index (χ4v) is 3.33. The highest BCUT2D eigenvalue weighted by Gasteiger charge is 2.15. The second-order valence-electron chi connectivity index (χ2n) is 5.07. The van der Waals surface area contributed by atoms with Gasteiger partial charge in [-0.3, -0.25) is 0 Å². The highest BCUT2D eigenvalue weighted by molar-refractivity contribution is 7.11. The molecule has 0 aliphatic heterocycles. The molecule has 0 amide bonds. The molecule has 0 radical (unpaired) electrons. The van der Waals surface area contributed by atoms with Crippen molar-refractivity contribution in [3.63, 3.8) is 0 Å². The van der Waals surface area contributed by atoms with E-state index in [1.807, 2.05) is 12.1 Å². The van der Waals surface area contributed by atoms with Crippen LogP contribution in [-0.4, -0.2) is 12.1 Å². The molecule has 108 valence electrons. The van der Waals surface area contributed by atoms with E-state index in [9.17, 15) is 0 Å². The Kier molecular flexibility index (Phi) is 4.78. The number of nitrogens with zero attached hydrogens (tertiary/aromatic N) is 1. The summed E-state index contributed by atoms with van der Waals surface area (Å²) in [5.41, 5.74) is 2.39. The van der Waals surface area contributed by atoms with Crippen LogP contribution in [0.25, 0.3) is 0 Å². The number of aryl methyl sites for hydroxylation is 2. The van der Waals surface area contributed by atoms with Gasteiger partial charge in [0.1, 0.15) is 5.75 Å². The summed E-state index contributed by atoms with van der Waals surface area (Å²) in [5, 5.41) is 4.76. The third kappa shape index (κ3) is 3.38. The molecule has 2 rings (SSSR count). The molecular formula is C16H22N2OS. The zero-order valence-corrected chi connectivity index (χ0v) is 13.5. The summed E-state index contributed by atoms with van der Waals surface area (Å²) in [6.45, 7) is 8.51. The Morgan fingerprint density at radius 3 is 2.25 bits per heavy atom. The Bertz CT molecular complexity index is 562. The van der Waals surface area contributed by atoms with Crippen LogP contribution in [0, 0.1) is 13.8 Å². The zero-order chi connectivity index (χ0) is 14.7. The maximum atomic E-state index is 5.19. The number of hydrogen-bond donors (Lipinski definition) is 1. The fraction of sp³-hybridized carbons (Fsp3) is 0.438. The van der Waals surface area contributed by atoms with E-state index < -0.39 is 0 Å². The van der Waals surface area contributed by atoms with Crippen molar-refractivity contribution in [1.82, 2.24) is 10.3 Å². The number of rotatable bonds is 5. The van der Waals surface area contributed by atoms with Gasteiger partial charge in [0.05, 0.1) is 17.8 Å². The largest absolute Gasteiger partial charge is 0.497 e. The molecule has 4 heteroatoms. The van der Waals surface area contributed by atoms with Crippen LogP contribution in [0.3, 0.4) is 0 Å². The molecule has 0 fully saturated rings. The summed E-state index contributed by atoms with van der Waals surface area (Å²) in [5.74, 6) is 0.892. The van der Waals surface area contributed by atoms with Crippen LogP contribution in [0.2, 0.25) is 0 Å². The van der Waals surface area contributed by atoms with Crippen molar-refractivity contribution in [3.05, 3.63) is 45.4 Å². The van der Waals surface area contributed by atoms with Crippen molar-refractivity contribution in [3.8, 4) is 5.75 Å². The topological polar surface area (TPSA) is 34.1 Å². The minimum Gasteiger partial charge on any atom is -0.497 e. The first-order chi connectivity index (χ1) is 9.51. The molecule has 0 aliphatic rings. The predicted molar refractivity (Wildman–Crippen MR) is 84.5 cm³/mol. The molecule has 20 heavy (non-hydrogen) atoms. The van der Waals surface area contributed by atoms with Gasteiger partial charge < -0.3 is 10.1 Å². The standard InChI is InChI=1S/C16H22N2OS/c1-10(14-6-8-15(19-5)9-7-14)17-11(2)16-12(3)18-13(4)20-16/h6-11,17H,1-5H3/t10-,11?/m1/s1. The van der Waals surface area contributed by atoms with E-state index in [2.05, 4.69) is 50.1 Å². The van der Waals surface area contributed by atoms with E-state index in [-0.39, 0.29) is 6.04 Å². The minimum atomic E-state index is 0.290. The second-order valence-corrected chi connectivity index (χ2v) is 6.30. The summed E-state index contributed by atoms with van der Waals surface area (Å²) in [7, 11) is 1.69. The Labute approximate surface area is 125 Å². The highest BCUT2D eigenvalue weighted by atomic mass is 32.1. The molecule has 3 nitrogen and oxygen atoms in total. The average Bonchev–Trinajstić information content (AvgIpc) is 2.78. The quantitative estimate of drug-likeness (QED) is 0.897. The van der Waals surface area contributed by atoms with E-state index >= 15 is 0 Å². The number of benzene rings is 1. The molecule has 0 saturated carbocycles. The van der Waals surface area contributed by atoms with E-state index in [0.717, 1.165) is 16.5 Å². The lowest BCUT2D eigenvalue weighted by Gasteiger charge is -2.20. The van der Waals surface area contributed by atoms with E-state index in [1.165, 1.54) is 10.4 Å². The van der Waals surface area contributed by atoms with E-state index in [0.29, 0.717) is 6.04 Å². The van der Waals surface area contributed by atoms with Gasteiger partial charge in [0.2, 0.25) is 0 Å². The molecule has 1 aromatic heterocycles. The molecular weight excluding hydrogens is 268 g/mol. The third-order valence-electron chi connectivity index (χ3n) is 3.45. The predicted octanol–water partition coefficient (Wildman–Crippen LogP) is 4.18. The molecule has 0 saturated heterocycles. The SMILES string of the molecule is COc1ccc([C@@H](C)NC(C)c2sc(C)nc2C)cc1. The van der Waals surface area contributed by atoms with Crippen LogP contribution in [-0.2, 0) is 0 Å². The number of aromatic nitrogens is 1. The summed E-state index contributed by atoms with van der Waals surface area (Å²) in [4.78, 5) is 5.82. The average molecular weight is 290 g/mol. The number of ether oxygens (including phenoxy) is 1. The lowest BCUT2D eigenvalue weighted by Crippen LogP contribution is -2.22. The number of methoxy groups -OCH3 is 1. The Hall–Kier alpha value is -1.39. The molecule has 0 bridgehead atoms. The molecule has 0 spiro atoms. The first-order valence-electron chi connectivity index (χ1n) is 6.85. The lowest BCUT2D eigenvalue weighted by atomic mass is 10.1. The van der Waals surface area contributed by atoms with Gasteiger partial charge in [0.25, 0.3) is 0 Å². The van der Waals surface area contributed by atoms with Gasteiger partial charge >= 0.3 is 0 Å². The van der Waals surface area contributed by atoms with Crippen molar-refractivity contribution >= 4 is 11.3 Å². The first kappa shape index (κ1) is 15.0. The molecule has 0 aliphatic carbocycles. The van der Waals surface area contributed by atoms with Crippen molar-refractivity contribution in [1.29, 1.82) is 0 Å². The highest BCUT2D eigenvalue weighted by Crippen LogP contribution is 2.27. The zero-order valence-electron chi connectivity index (χ0n) is 12.7. The van der Waals surface area contributed by atoms with Gasteiger partial charge in [-0.1, -0.05) is 12.1 Å². The maximum Gasteiger partial charge on any atom is 0.118 e. The van der Waals surface area contributed by atoms with Crippen LogP contribution in [0.5, 0.6) is 5.75 Å². The van der Waals surface area contributed by atoms with Crippen molar-refractivity contribution in [2.24, 2.45) is 0 Å². The van der Waals surface area contributed by atoms with Crippen molar-refractivity contribution in [2.45, 2.75) is 39.8 Å². The van der Waals surface area contributed by atoms with Crippen LogP contribution < -0.4 is 10.1 Å². The van der Waals surface area contributed by atoms with Gasteiger partial charge in [-0.05, 0) is 45.4 Å². The summed E-state index contributed by atoms with van der Waals surface area (Å²) < 4.78 is 5.19. The van der Waals surface area contributed by atoms with Gasteiger partial charge in [0, 0.05) is 17.0 Å². The molecule has 2 aromatic rings. The van der Waals surface area contributed by atoms with Gasteiger partial charge in [0.15, 0.2) is 0 Å². The van der Waals surface area contributed by atoms with Gasteiger partial charge in [-0.2, -0.15) is 0 Å². The molecule has 1 aromatic carbocycles. The molecule has 1 N–H and O–H groups in total. The van der Waals surface area contributed by atoms with Crippen LogP contribution in [0.15, 0.2) is 24.3 Å². The van der Waals surface area contributed by atoms with Crippen LogP contribution >= 0.6 is 11.3 Å². The molecule has 1 unspecified atom stereocenters. The monoisotopic (exact) mass is 290 g/mol. The number of hydrogen-bond acceptors (Lipinski definition) is 4. The van der Waals surface area contributed by atoms with Crippen molar-refractivity contribution < 1.29 is 4.74 Å². The summed E-state index contributed by atoms with van der Waals surface area (Å²) >= 11 is 1.77. The maximum absolute atomic E-state index is 5.19. The van der Waals surface area contributed by atoms with Crippen LogP contribution in [0.1, 0.15) is 47.1 Å². The van der Waals surface area contributed by atoms with Crippen molar-refractivity contribution in [2.75, 3.05) is 7.11 Å². The minimum absolute atomic E-state index is 0.290. The summed E-state index contributed by atoms with van der Waals surface area (Å²) in [6.07, 6.45) is 0. The first-order valence-corrected chi connectivity index (χ1v) is 7.67. The Morgan fingerprint density at radius 1 is 1.10 bits per heavy atom. The van der Waals surface area contributed by atoms with Gasteiger partial charge in [-0.25, -0.2) is 4.98 Å². The Morgan fingerprint density at radius 2 is 1.75 bits per heavy atom. The summed E-state index contributed by atoms with van der Waals surface area (Å²) in [6, 6.07) is 8.80. The number of nitrogens with one attached hydrogen (secondary N) is 1. The number of thiazole rings is 1.